The molecule has 1 aliphatic rings. The Bertz CT molecular complexity index is 329. The van der Waals surface area contributed by atoms with E-state index in [2.05, 4.69) is 10.1 Å². The van der Waals surface area contributed by atoms with Crippen LogP contribution in [0, 0.1) is 0 Å². The molecule has 5 nitrogen and oxygen atoms in total. The van der Waals surface area contributed by atoms with Crippen molar-refractivity contribution < 1.29 is 9.84 Å². The van der Waals surface area contributed by atoms with Crippen molar-refractivity contribution in [1.29, 1.82) is 0 Å². The van der Waals surface area contributed by atoms with Crippen molar-refractivity contribution in [3.05, 3.63) is 12.2 Å². The first-order valence-corrected chi connectivity index (χ1v) is 5.29. The molecular formula is C10H17N3O2. The van der Waals surface area contributed by atoms with Gasteiger partial charge in [0.05, 0.1) is 12.2 Å². The highest BCUT2D eigenvalue weighted by Gasteiger charge is 2.34. The highest BCUT2D eigenvalue weighted by molar-refractivity contribution is 4.97. The summed E-state index contributed by atoms with van der Waals surface area (Å²) in [6.45, 7) is 5.13. The number of ether oxygens (including phenoxy) is 1. The van der Waals surface area contributed by atoms with Crippen LogP contribution in [0.2, 0.25) is 0 Å². The fraction of sp³-hybridized carbons (Fsp3) is 0.800. The lowest BCUT2D eigenvalue weighted by molar-refractivity contribution is 0.0243. The van der Waals surface area contributed by atoms with E-state index in [1.165, 1.54) is 6.33 Å². The van der Waals surface area contributed by atoms with Crippen LogP contribution in [0.5, 0.6) is 0 Å². The normalized spacial score (nSPS) is 26.4. The average Bonchev–Trinajstić information content (AvgIpc) is 2.75. The summed E-state index contributed by atoms with van der Waals surface area (Å²) in [6.07, 6.45) is 2.73. The van der Waals surface area contributed by atoms with Gasteiger partial charge in [0.2, 0.25) is 0 Å². The van der Waals surface area contributed by atoms with E-state index in [1.54, 1.807) is 0 Å². The van der Waals surface area contributed by atoms with Crippen molar-refractivity contribution in [3.8, 4) is 0 Å². The van der Waals surface area contributed by atoms with Crippen LogP contribution in [0.25, 0.3) is 0 Å². The molecule has 2 rings (SSSR count). The van der Waals surface area contributed by atoms with Crippen LogP contribution in [0.15, 0.2) is 6.33 Å². The minimum atomic E-state index is -0.750. The van der Waals surface area contributed by atoms with Gasteiger partial charge in [-0.1, -0.05) is 0 Å². The molecule has 0 saturated carbocycles. The minimum absolute atomic E-state index is 0.272. The maximum absolute atomic E-state index is 10.2. The smallest absolute Gasteiger partial charge is 0.138 e. The highest BCUT2D eigenvalue weighted by Crippen LogP contribution is 2.23. The average molecular weight is 211 g/mol. The Morgan fingerprint density at radius 3 is 3.07 bits per heavy atom. The molecule has 1 fully saturated rings. The molecule has 1 atom stereocenters. The van der Waals surface area contributed by atoms with Crippen LogP contribution in [0.3, 0.4) is 0 Å². The lowest BCUT2D eigenvalue weighted by Gasteiger charge is -2.20. The maximum atomic E-state index is 10.2. The first-order chi connectivity index (χ1) is 7.11. The predicted molar refractivity (Wildman–Crippen MR) is 54.5 cm³/mol. The van der Waals surface area contributed by atoms with Crippen molar-refractivity contribution in [1.82, 2.24) is 14.8 Å². The van der Waals surface area contributed by atoms with E-state index < -0.39 is 5.60 Å². The number of hydrogen-bond acceptors (Lipinski definition) is 4. The van der Waals surface area contributed by atoms with Gasteiger partial charge in [0.1, 0.15) is 12.2 Å². The standard InChI is InChI=1S/C10H17N3O2/c1-8(2)13-9(11-7-12-13)5-10(14)3-4-15-6-10/h7-8,14H,3-6H2,1-2H3. The first-order valence-electron chi connectivity index (χ1n) is 5.29. The van der Waals surface area contributed by atoms with Gasteiger partial charge in [0, 0.05) is 25.5 Å². The fourth-order valence-corrected chi connectivity index (χ4v) is 1.86. The van der Waals surface area contributed by atoms with E-state index in [1.807, 2.05) is 18.5 Å². The highest BCUT2D eigenvalue weighted by atomic mass is 16.5. The summed E-state index contributed by atoms with van der Waals surface area (Å²) in [6, 6.07) is 0.272. The Hall–Kier alpha value is -0.940. The maximum Gasteiger partial charge on any atom is 0.138 e. The molecule has 0 radical (unpaired) electrons. The molecule has 1 aromatic rings. The van der Waals surface area contributed by atoms with Crippen LogP contribution in [0.4, 0.5) is 0 Å². The van der Waals surface area contributed by atoms with Gasteiger partial charge in [-0.3, -0.25) is 0 Å². The van der Waals surface area contributed by atoms with E-state index in [0.29, 0.717) is 26.1 Å². The van der Waals surface area contributed by atoms with Gasteiger partial charge in [-0.2, -0.15) is 5.10 Å². The van der Waals surface area contributed by atoms with E-state index >= 15 is 0 Å². The van der Waals surface area contributed by atoms with Gasteiger partial charge in [-0.15, -0.1) is 0 Å². The van der Waals surface area contributed by atoms with Crippen molar-refractivity contribution in [2.75, 3.05) is 13.2 Å². The monoisotopic (exact) mass is 211 g/mol. The molecule has 0 aliphatic carbocycles. The van der Waals surface area contributed by atoms with Gasteiger partial charge in [0.25, 0.3) is 0 Å². The van der Waals surface area contributed by atoms with E-state index in [4.69, 9.17) is 4.74 Å². The van der Waals surface area contributed by atoms with Crippen LogP contribution >= 0.6 is 0 Å². The number of aliphatic hydroxyl groups is 1. The Balaban J connectivity index is 2.13. The summed E-state index contributed by atoms with van der Waals surface area (Å²) >= 11 is 0. The third-order valence-electron chi connectivity index (χ3n) is 2.71. The van der Waals surface area contributed by atoms with Crippen molar-refractivity contribution >= 4 is 0 Å². The molecule has 1 aromatic heterocycles. The Labute approximate surface area is 89.1 Å². The molecule has 1 unspecified atom stereocenters. The van der Waals surface area contributed by atoms with Crippen LogP contribution in [0.1, 0.15) is 32.1 Å². The van der Waals surface area contributed by atoms with Crippen molar-refractivity contribution in [2.45, 2.75) is 38.3 Å². The zero-order valence-corrected chi connectivity index (χ0v) is 9.18. The van der Waals surface area contributed by atoms with Crippen LogP contribution < -0.4 is 0 Å². The van der Waals surface area contributed by atoms with Gasteiger partial charge in [0.15, 0.2) is 0 Å². The Morgan fingerprint density at radius 1 is 1.67 bits per heavy atom. The lowest BCUT2D eigenvalue weighted by Crippen LogP contribution is -2.33. The molecule has 0 aromatic carbocycles. The number of hydrogen-bond donors (Lipinski definition) is 1. The van der Waals surface area contributed by atoms with Crippen LogP contribution in [-0.4, -0.2) is 38.7 Å². The summed E-state index contributed by atoms with van der Waals surface area (Å²) in [5.74, 6) is 0.831. The van der Waals surface area contributed by atoms with Crippen molar-refractivity contribution in [3.63, 3.8) is 0 Å². The largest absolute Gasteiger partial charge is 0.387 e. The lowest BCUT2D eigenvalue weighted by atomic mass is 9.99. The molecule has 5 heteroatoms. The topological polar surface area (TPSA) is 60.2 Å². The first kappa shape index (κ1) is 10.6. The zero-order valence-electron chi connectivity index (χ0n) is 9.18. The predicted octanol–water partition coefficient (Wildman–Crippen LogP) is 0.553. The zero-order chi connectivity index (χ0) is 10.9. The molecule has 1 saturated heterocycles. The molecule has 84 valence electrons. The SMILES string of the molecule is CC(C)n1ncnc1CC1(O)CCOC1. The minimum Gasteiger partial charge on any atom is -0.387 e. The molecule has 1 aliphatic heterocycles. The second kappa shape index (κ2) is 3.90. The molecule has 0 bridgehead atoms. The third kappa shape index (κ3) is 2.18. The second-order valence-electron chi connectivity index (χ2n) is 4.42. The fourth-order valence-electron chi connectivity index (χ4n) is 1.86. The molecular weight excluding hydrogens is 194 g/mol. The summed E-state index contributed by atoms with van der Waals surface area (Å²) in [5.41, 5.74) is -0.750. The molecule has 1 N–H and O–H groups in total. The van der Waals surface area contributed by atoms with Gasteiger partial charge < -0.3 is 9.84 Å². The van der Waals surface area contributed by atoms with Gasteiger partial charge in [-0.05, 0) is 13.8 Å². The number of rotatable bonds is 3. The van der Waals surface area contributed by atoms with E-state index in [-0.39, 0.29) is 6.04 Å². The molecule has 0 amide bonds. The summed E-state index contributed by atoms with van der Waals surface area (Å²) < 4.78 is 7.05. The summed E-state index contributed by atoms with van der Waals surface area (Å²) in [4.78, 5) is 4.18. The quantitative estimate of drug-likeness (QED) is 0.793. The van der Waals surface area contributed by atoms with E-state index in [9.17, 15) is 5.11 Å². The molecule has 15 heavy (non-hydrogen) atoms. The van der Waals surface area contributed by atoms with Gasteiger partial charge in [-0.25, -0.2) is 9.67 Å². The molecule has 0 spiro atoms. The number of nitrogens with zero attached hydrogens (tertiary/aromatic N) is 3. The molecule has 2 heterocycles. The summed E-state index contributed by atoms with van der Waals surface area (Å²) in [5, 5.41) is 14.3. The van der Waals surface area contributed by atoms with Crippen LogP contribution in [-0.2, 0) is 11.2 Å². The Kier molecular flexibility index (Phi) is 2.75. The van der Waals surface area contributed by atoms with Gasteiger partial charge >= 0.3 is 0 Å². The summed E-state index contributed by atoms with van der Waals surface area (Å²) in [7, 11) is 0. The third-order valence-corrected chi connectivity index (χ3v) is 2.71. The second-order valence-corrected chi connectivity index (χ2v) is 4.42. The Morgan fingerprint density at radius 2 is 2.47 bits per heavy atom. The van der Waals surface area contributed by atoms with Crippen molar-refractivity contribution in [2.24, 2.45) is 0 Å². The number of aromatic nitrogens is 3. The van der Waals surface area contributed by atoms with E-state index in [0.717, 1.165) is 5.82 Å².